The van der Waals surface area contributed by atoms with Crippen LogP contribution in [0.5, 0.6) is 0 Å². The molecule has 25 heavy (non-hydrogen) atoms. The molecule has 1 amide bonds. The van der Waals surface area contributed by atoms with Gasteiger partial charge in [-0.1, -0.05) is 24.3 Å². The number of nitrogens with zero attached hydrogens (tertiary/aromatic N) is 1. The lowest BCUT2D eigenvalue weighted by Gasteiger charge is -2.35. The number of amides is 1. The van der Waals surface area contributed by atoms with Crippen molar-refractivity contribution in [2.24, 2.45) is 0 Å². The van der Waals surface area contributed by atoms with Crippen molar-refractivity contribution in [2.75, 3.05) is 13.1 Å². The molecular weight excluding hydrogens is 316 g/mol. The van der Waals surface area contributed by atoms with Crippen molar-refractivity contribution in [1.29, 1.82) is 0 Å². The molecule has 0 aliphatic carbocycles. The number of morpholine rings is 1. The average molecular weight is 342 g/mol. The van der Waals surface area contributed by atoms with Crippen LogP contribution in [0.2, 0.25) is 0 Å². The summed E-state index contributed by atoms with van der Waals surface area (Å²) in [7, 11) is 0. The fourth-order valence-corrected chi connectivity index (χ4v) is 3.36. The number of hydrogen-bond donors (Lipinski definition) is 1. The standard InChI is InChI=1S/C20H26N2O3/c1-14-8-9-19(25-14)20(23)21-10-17-6-4-5-7-18(17)13-22-11-15(2)24-16(3)12-22/h4-9,15-16H,10-13H2,1-3H3,(H,21,23)/t15-,16+. The summed E-state index contributed by atoms with van der Waals surface area (Å²) < 4.78 is 11.2. The van der Waals surface area contributed by atoms with Gasteiger partial charge in [-0.15, -0.1) is 0 Å². The molecule has 1 saturated heterocycles. The Morgan fingerprint density at radius 2 is 1.80 bits per heavy atom. The van der Waals surface area contributed by atoms with E-state index in [2.05, 4.69) is 36.2 Å². The van der Waals surface area contributed by atoms with Crippen LogP contribution in [-0.2, 0) is 17.8 Å². The molecule has 0 radical (unpaired) electrons. The SMILES string of the molecule is Cc1ccc(C(=O)NCc2ccccc2CN2C[C@@H](C)O[C@@H](C)C2)o1. The molecule has 1 fully saturated rings. The first-order valence-electron chi connectivity index (χ1n) is 8.80. The number of carbonyl (C=O) groups is 1. The van der Waals surface area contributed by atoms with Crippen molar-refractivity contribution in [3.63, 3.8) is 0 Å². The van der Waals surface area contributed by atoms with Crippen LogP contribution in [-0.4, -0.2) is 36.1 Å². The minimum atomic E-state index is -0.184. The van der Waals surface area contributed by atoms with Gasteiger partial charge in [-0.25, -0.2) is 0 Å². The van der Waals surface area contributed by atoms with Gasteiger partial charge in [0.2, 0.25) is 0 Å². The summed E-state index contributed by atoms with van der Waals surface area (Å²) in [6.07, 6.45) is 0.496. The van der Waals surface area contributed by atoms with Crippen molar-refractivity contribution in [3.8, 4) is 0 Å². The van der Waals surface area contributed by atoms with Gasteiger partial charge in [-0.2, -0.15) is 0 Å². The van der Waals surface area contributed by atoms with Gasteiger partial charge in [0.05, 0.1) is 12.2 Å². The number of hydrogen-bond acceptors (Lipinski definition) is 4. The molecule has 5 nitrogen and oxygen atoms in total. The number of furan rings is 1. The van der Waals surface area contributed by atoms with Gasteiger partial charge in [0.1, 0.15) is 5.76 Å². The number of carbonyl (C=O) groups excluding carboxylic acids is 1. The molecular formula is C20H26N2O3. The lowest BCUT2D eigenvalue weighted by molar-refractivity contribution is -0.0705. The molecule has 3 rings (SSSR count). The van der Waals surface area contributed by atoms with Gasteiger partial charge in [0, 0.05) is 26.2 Å². The fraction of sp³-hybridized carbons (Fsp3) is 0.450. The molecule has 1 aromatic heterocycles. The molecule has 2 heterocycles. The minimum absolute atomic E-state index is 0.184. The summed E-state index contributed by atoms with van der Waals surface area (Å²) in [6, 6.07) is 11.7. The highest BCUT2D eigenvalue weighted by Gasteiger charge is 2.22. The third-order valence-corrected chi connectivity index (χ3v) is 4.41. The van der Waals surface area contributed by atoms with E-state index in [1.165, 1.54) is 5.56 Å². The van der Waals surface area contributed by atoms with Gasteiger partial charge in [-0.05, 0) is 44.0 Å². The zero-order chi connectivity index (χ0) is 17.8. The van der Waals surface area contributed by atoms with Crippen LogP contribution < -0.4 is 5.32 Å². The molecule has 0 unspecified atom stereocenters. The normalized spacial score (nSPS) is 21.2. The smallest absolute Gasteiger partial charge is 0.287 e. The van der Waals surface area contributed by atoms with E-state index in [9.17, 15) is 4.79 Å². The summed E-state index contributed by atoms with van der Waals surface area (Å²) in [5.41, 5.74) is 2.37. The van der Waals surface area contributed by atoms with Crippen molar-refractivity contribution >= 4 is 5.91 Å². The summed E-state index contributed by atoms with van der Waals surface area (Å²) in [5.74, 6) is 0.906. The Morgan fingerprint density at radius 3 is 2.44 bits per heavy atom. The molecule has 1 aliphatic rings. The van der Waals surface area contributed by atoms with E-state index in [4.69, 9.17) is 9.15 Å². The third-order valence-electron chi connectivity index (χ3n) is 4.41. The highest BCUT2D eigenvalue weighted by atomic mass is 16.5. The third kappa shape index (κ3) is 4.71. The monoisotopic (exact) mass is 342 g/mol. The second kappa shape index (κ2) is 7.85. The lowest BCUT2D eigenvalue weighted by Crippen LogP contribution is -2.45. The molecule has 0 spiro atoms. The first kappa shape index (κ1) is 17.7. The second-order valence-corrected chi connectivity index (χ2v) is 6.81. The van der Waals surface area contributed by atoms with E-state index in [-0.39, 0.29) is 18.1 Å². The first-order valence-corrected chi connectivity index (χ1v) is 8.80. The van der Waals surface area contributed by atoms with E-state index < -0.39 is 0 Å². The molecule has 0 bridgehead atoms. The van der Waals surface area contributed by atoms with Crippen LogP contribution in [0.25, 0.3) is 0 Å². The Kier molecular flexibility index (Phi) is 5.56. The van der Waals surface area contributed by atoms with Crippen LogP contribution in [0.3, 0.4) is 0 Å². The molecule has 1 aromatic carbocycles. The number of rotatable bonds is 5. The summed E-state index contributed by atoms with van der Waals surface area (Å²) in [6.45, 7) is 9.26. The van der Waals surface area contributed by atoms with E-state index in [0.717, 1.165) is 31.0 Å². The Labute approximate surface area is 149 Å². The van der Waals surface area contributed by atoms with Crippen LogP contribution in [0.1, 0.15) is 41.3 Å². The number of ether oxygens (including phenoxy) is 1. The highest BCUT2D eigenvalue weighted by Crippen LogP contribution is 2.17. The molecule has 2 aromatic rings. The maximum absolute atomic E-state index is 12.2. The predicted octanol–water partition coefficient (Wildman–Crippen LogP) is 3.13. The van der Waals surface area contributed by atoms with Crippen molar-refractivity contribution in [1.82, 2.24) is 10.2 Å². The summed E-state index contributed by atoms with van der Waals surface area (Å²) in [4.78, 5) is 14.6. The largest absolute Gasteiger partial charge is 0.456 e. The Hall–Kier alpha value is -2.11. The maximum Gasteiger partial charge on any atom is 0.287 e. The molecule has 0 saturated carbocycles. The number of nitrogens with one attached hydrogen (secondary N) is 1. The Morgan fingerprint density at radius 1 is 1.12 bits per heavy atom. The summed E-state index contributed by atoms with van der Waals surface area (Å²) >= 11 is 0. The van der Waals surface area contributed by atoms with Gasteiger partial charge < -0.3 is 14.5 Å². The Bertz CT molecular complexity index is 715. The zero-order valence-corrected chi connectivity index (χ0v) is 15.1. The Balaban J connectivity index is 1.63. The molecule has 134 valence electrons. The summed E-state index contributed by atoms with van der Waals surface area (Å²) in [5, 5.41) is 2.95. The van der Waals surface area contributed by atoms with E-state index >= 15 is 0 Å². The minimum Gasteiger partial charge on any atom is -0.456 e. The quantitative estimate of drug-likeness (QED) is 0.907. The van der Waals surface area contributed by atoms with Gasteiger partial charge >= 0.3 is 0 Å². The molecule has 1 N–H and O–H groups in total. The maximum atomic E-state index is 12.2. The van der Waals surface area contributed by atoms with Crippen molar-refractivity contribution < 1.29 is 13.9 Å². The topological polar surface area (TPSA) is 54.7 Å². The van der Waals surface area contributed by atoms with E-state index in [0.29, 0.717) is 12.3 Å². The van der Waals surface area contributed by atoms with E-state index in [1.807, 2.05) is 19.1 Å². The van der Waals surface area contributed by atoms with Crippen molar-refractivity contribution in [2.45, 2.75) is 46.1 Å². The van der Waals surface area contributed by atoms with Crippen LogP contribution >= 0.6 is 0 Å². The van der Waals surface area contributed by atoms with E-state index in [1.54, 1.807) is 12.1 Å². The van der Waals surface area contributed by atoms with Gasteiger partial charge in [-0.3, -0.25) is 9.69 Å². The average Bonchev–Trinajstić information content (AvgIpc) is 2.99. The molecule has 2 atom stereocenters. The molecule has 5 heteroatoms. The second-order valence-electron chi connectivity index (χ2n) is 6.81. The lowest BCUT2D eigenvalue weighted by atomic mass is 10.1. The van der Waals surface area contributed by atoms with Gasteiger partial charge in [0.15, 0.2) is 5.76 Å². The highest BCUT2D eigenvalue weighted by molar-refractivity contribution is 5.91. The van der Waals surface area contributed by atoms with Crippen molar-refractivity contribution in [3.05, 3.63) is 59.0 Å². The first-order chi connectivity index (χ1) is 12.0. The van der Waals surface area contributed by atoms with Gasteiger partial charge in [0.25, 0.3) is 5.91 Å². The van der Waals surface area contributed by atoms with Crippen LogP contribution in [0.4, 0.5) is 0 Å². The van der Waals surface area contributed by atoms with Crippen LogP contribution in [0.15, 0.2) is 40.8 Å². The fourth-order valence-electron chi connectivity index (χ4n) is 3.36. The predicted molar refractivity (Wildman–Crippen MR) is 96.3 cm³/mol. The number of benzene rings is 1. The van der Waals surface area contributed by atoms with Crippen LogP contribution in [0, 0.1) is 6.92 Å². The number of aryl methyl sites for hydroxylation is 1. The molecule has 1 aliphatic heterocycles. The zero-order valence-electron chi connectivity index (χ0n) is 15.1.